The van der Waals surface area contributed by atoms with E-state index in [1.54, 1.807) is 0 Å². The Morgan fingerprint density at radius 1 is 0.483 bits per heavy atom. The molecule has 58 heavy (non-hydrogen) atoms. The van der Waals surface area contributed by atoms with Crippen LogP contribution >= 0.6 is 0 Å². The molecule has 0 aliphatic rings. The van der Waals surface area contributed by atoms with Crippen LogP contribution in [0.15, 0.2) is 193 Å². The normalized spacial score (nSPS) is 12.9. The summed E-state index contributed by atoms with van der Waals surface area (Å²) in [5, 5.41) is 8.48. The van der Waals surface area contributed by atoms with E-state index in [2.05, 4.69) is 216 Å². The van der Waals surface area contributed by atoms with Gasteiger partial charge in [-0.1, -0.05) is 151 Å². The third kappa shape index (κ3) is 6.46. The number of rotatable bonds is 9. The summed E-state index contributed by atoms with van der Waals surface area (Å²) in [6.07, 6.45) is 1.03. The van der Waals surface area contributed by atoms with Crippen LogP contribution in [-0.2, 0) is 0 Å². The van der Waals surface area contributed by atoms with Crippen molar-refractivity contribution in [2.75, 3.05) is 0 Å². The first-order valence-corrected chi connectivity index (χ1v) is 19.9. The van der Waals surface area contributed by atoms with Crippen molar-refractivity contribution in [1.82, 2.24) is 14.5 Å². The van der Waals surface area contributed by atoms with Crippen molar-refractivity contribution in [1.29, 1.82) is 0 Å². The van der Waals surface area contributed by atoms with Gasteiger partial charge in [0.25, 0.3) is 0 Å². The molecule has 0 spiro atoms. The fourth-order valence-corrected chi connectivity index (χ4v) is 8.37. The maximum atomic E-state index is 7.12. The number of hydrogen-bond donors (Lipinski definition) is 2. The zero-order chi connectivity index (χ0) is 39.2. The van der Waals surface area contributed by atoms with Gasteiger partial charge in [-0.15, -0.1) is 0 Å². The SMILES string of the molecule is Cc1ccc(C=NC(NC(N)n2c3ccccc3c3cc(-c4ccc(-c5ccc6c(c5)c5ccccc5n6-c5ccccc5)cc4)ccc32)c2ccc(C)cc2)cc1. The zero-order valence-electron chi connectivity index (χ0n) is 32.5. The van der Waals surface area contributed by atoms with E-state index in [1.807, 2.05) is 6.21 Å². The van der Waals surface area contributed by atoms with Crippen LogP contribution in [0.5, 0.6) is 0 Å². The van der Waals surface area contributed by atoms with E-state index >= 15 is 0 Å². The molecule has 0 saturated carbocycles. The zero-order valence-corrected chi connectivity index (χ0v) is 32.5. The molecule has 0 aliphatic carbocycles. The number of fused-ring (bicyclic) bond motifs is 6. The summed E-state index contributed by atoms with van der Waals surface area (Å²) < 4.78 is 4.56. The Morgan fingerprint density at radius 2 is 0.966 bits per heavy atom. The molecular formula is C53H43N5. The van der Waals surface area contributed by atoms with Gasteiger partial charge in [0, 0.05) is 33.4 Å². The number of nitrogens with zero attached hydrogens (tertiary/aromatic N) is 3. The van der Waals surface area contributed by atoms with Crippen molar-refractivity contribution < 1.29 is 0 Å². The summed E-state index contributed by atoms with van der Waals surface area (Å²) >= 11 is 0. The quantitative estimate of drug-likeness (QED) is 0.114. The van der Waals surface area contributed by atoms with Gasteiger partial charge in [0.05, 0.1) is 22.1 Å². The minimum absolute atomic E-state index is 0.353. The molecule has 0 amide bonds. The number of para-hydroxylation sites is 3. The van der Waals surface area contributed by atoms with Crippen molar-refractivity contribution >= 4 is 49.8 Å². The third-order valence-corrected chi connectivity index (χ3v) is 11.4. The molecule has 2 unspecified atom stereocenters. The van der Waals surface area contributed by atoms with E-state index < -0.39 is 6.29 Å². The smallest absolute Gasteiger partial charge is 0.138 e. The molecule has 0 aliphatic heterocycles. The molecule has 8 aromatic carbocycles. The van der Waals surface area contributed by atoms with Crippen LogP contribution in [0.25, 0.3) is 71.6 Å². The van der Waals surface area contributed by atoms with Gasteiger partial charge in [0.15, 0.2) is 0 Å². The second-order valence-corrected chi connectivity index (χ2v) is 15.2. The fourth-order valence-electron chi connectivity index (χ4n) is 8.37. The van der Waals surface area contributed by atoms with Gasteiger partial charge in [-0.2, -0.15) is 0 Å². The molecule has 280 valence electrons. The first kappa shape index (κ1) is 35.4. The summed E-state index contributed by atoms with van der Waals surface area (Å²) in [7, 11) is 0. The largest absolute Gasteiger partial charge is 0.312 e. The molecular weight excluding hydrogens is 707 g/mol. The molecule has 3 N–H and O–H groups in total. The Balaban J connectivity index is 0.976. The summed E-state index contributed by atoms with van der Waals surface area (Å²) in [4.78, 5) is 5.03. The van der Waals surface area contributed by atoms with Crippen molar-refractivity contribution in [3.05, 3.63) is 210 Å². The van der Waals surface area contributed by atoms with Crippen LogP contribution in [0.3, 0.4) is 0 Å². The van der Waals surface area contributed by atoms with E-state index in [0.717, 1.165) is 44.1 Å². The number of aryl methyl sites for hydroxylation is 2. The van der Waals surface area contributed by atoms with E-state index in [1.165, 1.54) is 49.7 Å². The number of benzene rings is 8. The Hall–Kier alpha value is -7.05. The van der Waals surface area contributed by atoms with Crippen molar-refractivity contribution in [2.45, 2.75) is 26.3 Å². The van der Waals surface area contributed by atoms with Crippen LogP contribution in [-0.4, -0.2) is 15.3 Å². The second kappa shape index (κ2) is 14.8. The highest BCUT2D eigenvalue weighted by molar-refractivity contribution is 6.11. The van der Waals surface area contributed by atoms with Gasteiger partial charge in [-0.25, -0.2) is 0 Å². The first-order valence-electron chi connectivity index (χ1n) is 19.9. The van der Waals surface area contributed by atoms with E-state index in [0.29, 0.717) is 0 Å². The Bertz CT molecular complexity index is 3100. The van der Waals surface area contributed by atoms with E-state index in [9.17, 15) is 0 Å². The highest BCUT2D eigenvalue weighted by Crippen LogP contribution is 2.37. The van der Waals surface area contributed by atoms with Crippen molar-refractivity contribution in [3.63, 3.8) is 0 Å². The van der Waals surface area contributed by atoms with Gasteiger partial charge in [-0.3, -0.25) is 16.0 Å². The first-order chi connectivity index (χ1) is 28.5. The number of nitrogens with one attached hydrogen (secondary N) is 1. The van der Waals surface area contributed by atoms with Crippen LogP contribution in [0, 0.1) is 13.8 Å². The van der Waals surface area contributed by atoms with E-state index in [-0.39, 0.29) is 6.17 Å². The summed E-state index contributed by atoms with van der Waals surface area (Å²) in [6, 6.07) is 67.2. The molecule has 2 heterocycles. The van der Waals surface area contributed by atoms with Crippen LogP contribution < -0.4 is 11.1 Å². The molecule has 0 bridgehead atoms. The van der Waals surface area contributed by atoms with Crippen molar-refractivity contribution in [2.24, 2.45) is 10.7 Å². The van der Waals surface area contributed by atoms with Gasteiger partial charge < -0.3 is 9.13 Å². The molecule has 2 aromatic heterocycles. The number of aromatic nitrogens is 2. The Kier molecular flexibility index (Phi) is 9.02. The molecule has 0 radical (unpaired) electrons. The standard InChI is InChI=1S/C53H43N5/c1-35-16-20-37(21-17-35)34-55-52(40-22-18-36(2)19-23-40)56-53(54)58-49-15-9-7-13-45(49)47-33-42(29-31-51(47)58)39-26-24-38(25-27-39)41-28-30-50-46(32-41)44-12-6-8-14-48(44)57(50)43-10-4-3-5-11-43/h3-34,52-53,56H,54H2,1-2H3. The molecule has 0 saturated heterocycles. The van der Waals surface area contributed by atoms with Crippen molar-refractivity contribution in [3.8, 4) is 27.9 Å². The van der Waals surface area contributed by atoms with Gasteiger partial charge in [0.1, 0.15) is 12.5 Å². The average molecular weight is 750 g/mol. The maximum absolute atomic E-state index is 7.12. The summed E-state index contributed by atoms with van der Waals surface area (Å²) in [5.41, 5.74) is 22.1. The fraction of sp³-hybridized carbons (Fsp3) is 0.0755. The Morgan fingerprint density at radius 3 is 1.62 bits per heavy atom. The number of aliphatic imine (C=N–C) groups is 1. The summed E-state index contributed by atoms with van der Waals surface area (Å²) in [6.45, 7) is 4.19. The van der Waals surface area contributed by atoms with Gasteiger partial charge in [0.2, 0.25) is 0 Å². The van der Waals surface area contributed by atoms with E-state index in [4.69, 9.17) is 10.7 Å². The number of hydrogen-bond acceptors (Lipinski definition) is 3. The highest BCUT2D eigenvalue weighted by atomic mass is 15.3. The molecule has 10 rings (SSSR count). The lowest BCUT2D eigenvalue weighted by Gasteiger charge is -2.23. The lowest BCUT2D eigenvalue weighted by atomic mass is 9.98. The predicted molar refractivity (Wildman–Crippen MR) is 244 cm³/mol. The third-order valence-electron chi connectivity index (χ3n) is 11.4. The van der Waals surface area contributed by atoms with Crippen LogP contribution in [0.4, 0.5) is 0 Å². The van der Waals surface area contributed by atoms with Gasteiger partial charge in [-0.05, 0) is 95.8 Å². The predicted octanol–water partition coefficient (Wildman–Crippen LogP) is 12.7. The molecule has 5 heteroatoms. The minimum atomic E-state index is -0.548. The monoisotopic (exact) mass is 749 g/mol. The van der Waals surface area contributed by atoms with Gasteiger partial charge >= 0.3 is 0 Å². The molecule has 10 aromatic rings. The maximum Gasteiger partial charge on any atom is 0.138 e. The Labute approximate surface area is 338 Å². The van der Waals surface area contributed by atoms with Crippen LogP contribution in [0.1, 0.15) is 34.7 Å². The minimum Gasteiger partial charge on any atom is -0.312 e. The number of nitrogens with two attached hydrogens (primary N) is 1. The molecule has 2 atom stereocenters. The van der Waals surface area contributed by atoms with Crippen LogP contribution in [0.2, 0.25) is 0 Å². The second-order valence-electron chi connectivity index (χ2n) is 15.2. The summed E-state index contributed by atoms with van der Waals surface area (Å²) in [5.74, 6) is 0. The lowest BCUT2D eigenvalue weighted by molar-refractivity contribution is 0.383. The average Bonchev–Trinajstić information content (AvgIpc) is 3.78. The highest BCUT2D eigenvalue weighted by Gasteiger charge is 2.20. The molecule has 0 fully saturated rings. The molecule has 5 nitrogen and oxygen atoms in total. The lowest BCUT2D eigenvalue weighted by Crippen LogP contribution is -2.36. The topological polar surface area (TPSA) is 60.3 Å².